The molecule has 1 N–H and O–H groups in total. The van der Waals surface area contributed by atoms with E-state index >= 15 is 0 Å². The van der Waals surface area contributed by atoms with Gasteiger partial charge >= 0.3 is 0 Å². The van der Waals surface area contributed by atoms with Crippen molar-refractivity contribution in [3.63, 3.8) is 0 Å². The van der Waals surface area contributed by atoms with E-state index < -0.39 is 0 Å². The first-order valence-electron chi connectivity index (χ1n) is 8.20. The average molecular weight is 277 g/mol. The fourth-order valence-corrected chi connectivity index (χ4v) is 3.85. The van der Waals surface area contributed by atoms with Crippen molar-refractivity contribution < 1.29 is 0 Å². The highest BCUT2D eigenvalue weighted by Gasteiger charge is 2.34. The van der Waals surface area contributed by atoms with E-state index in [-0.39, 0.29) is 0 Å². The van der Waals surface area contributed by atoms with Gasteiger partial charge in [0.25, 0.3) is 0 Å². The molecule has 0 radical (unpaired) electrons. The van der Waals surface area contributed by atoms with Gasteiger partial charge in [-0.25, -0.2) is 0 Å². The van der Waals surface area contributed by atoms with E-state index in [0.29, 0.717) is 0 Å². The van der Waals surface area contributed by atoms with Crippen molar-refractivity contribution in [2.24, 2.45) is 5.92 Å². The fourth-order valence-electron chi connectivity index (χ4n) is 3.85. The van der Waals surface area contributed by atoms with Crippen LogP contribution in [0.2, 0.25) is 0 Å². The van der Waals surface area contributed by atoms with Crippen molar-refractivity contribution in [1.29, 1.82) is 0 Å². The Morgan fingerprint density at radius 3 is 3.05 bits per heavy atom. The zero-order valence-electron chi connectivity index (χ0n) is 12.6. The molecule has 1 aromatic rings. The van der Waals surface area contributed by atoms with E-state index in [4.69, 9.17) is 0 Å². The summed E-state index contributed by atoms with van der Waals surface area (Å²) in [5.41, 5.74) is 1.05. The predicted octanol–water partition coefficient (Wildman–Crippen LogP) is 1.65. The molecule has 5 nitrogen and oxygen atoms in total. The van der Waals surface area contributed by atoms with Crippen molar-refractivity contribution in [3.05, 3.63) is 11.9 Å². The molecule has 2 aliphatic rings. The molecule has 2 unspecified atom stereocenters. The Labute approximate surface area is 121 Å². The Morgan fingerprint density at radius 1 is 1.25 bits per heavy atom. The monoisotopic (exact) mass is 277 g/mol. The van der Waals surface area contributed by atoms with Crippen LogP contribution in [-0.2, 0) is 13.1 Å². The molecule has 2 atom stereocenters. The number of fused-ring (bicyclic) bond motifs is 1. The number of nitrogens with zero attached hydrogens (tertiary/aromatic N) is 4. The Bertz CT molecular complexity index is 416. The average Bonchev–Trinajstić information content (AvgIpc) is 3.11. The normalized spacial score (nSPS) is 26.9. The Hall–Kier alpha value is -0.940. The van der Waals surface area contributed by atoms with E-state index in [1.165, 1.54) is 38.6 Å². The molecule has 3 rings (SSSR count). The highest BCUT2D eigenvalue weighted by Crippen LogP contribution is 2.36. The Morgan fingerprint density at radius 2 is 2.15 bits per heavy atom. The minimum Gasteiger partial charge on any atom is -0.311 e. The van der Waals surface area contributed by atoms with Crippen LogP contribution in [0.15, 0.2) is 6.20 Å². The standard InChI is InChI=1S/C15H27N5/c1-2-16-11-14-12-20(18-17-14)10-9-19-8-4-6-13-5-3-7-15(13)19/h12-13,15-16H,2-11H2,1H3. The first-order valence-corrected chi connectivity index (χ1v) is 8.20. The van der Waals surface area contributed by atoms with Gasteiger partial charge in [0.15, 0.2) is 0 Å². The number of hydrogen-bond donors (Lipinski definition) is 1. The molecule has 5 heteroatoms. The lowest BCUT2D eigenvalue weighted by Crippen LogP contribution is -2.43. The van der Waals surface area contributed by atoms with Gasteiger partial charge in [0.1, 0.15) is 0 Å². The third kappa shape index (κ3) is 3.20. The summed E-state index contributed by atoms with van der Waals surface area (Å²) in [4.78, 5) is 2.70. The summed E-state index contributed by atoms with van der Waals surface area (Å²) in [6.45, 7) is 7.29. The van der Waals surface area contributed by atoms with Crippen molar-refractivity contribution in [2.75, 3.05) is 19.6 Å². The maximum absolute atomic E-state index is 4.24. The number of rotatable bonds is 6. The molecule has 112 valence electrons. The molecule has 2 fully saturated rings. The van der Waals surface area contributed by atoms with E-state index in [2.05, 4.69) is 33.6 Å². The minimum atomic E-state index is 0.824. The lowest BCUT2D eigenvalue weighted by atomic mass is 9.92. The minimum absolute atomic E-state index is 0.824. The first kappa shape index (κ1) is 14.0. The van der Waals surface area contributed by atoms with Gasteiger partial charge in [-0.2, -0.15) is 0 Å². The van der Waals surface area contributed by atoms with Gasteiger partial charge in [-0.3, -0.25) is 9.58 Å². The molecule has 1 aliphatic heterocycles. The van der Waals surface area contributed by atoms with E-state index in [0.717, 1.165) is 43.8 Å². The molecule has 0 amide bonds. The molecular weight excluding hydrogens is 250 g/mol. The van der Waals surface area contributed by atoms with Crippen LogP contribution in [0.1, 0.15) is 44.7 Å². The molecule has 0 bridgehead atoms. The highest BCUT2D eigenvalue weighted by molar-refractivity contribution is 4.92. The third-order valence-corrected chi connectivity index (χ3v) is 4.87. The topological polar surface area (TPSA) is 46.0 Å². The van der Waals surface area contributed by atoms with Crippen LogP contribution in [0, 0.1) is 5.92 Å². The number of likely N-dealkylation sites (tertiary alicyclic amines) is 1. The summed E-state index contributed by atoms with van der Waals surface area (Å²) in [5.74, 6) is 0.976. The van der Waals surface area contributed by atoms with Crippen molar-refractivity contribution in [3.8, 4) is 0 Å². The molecule has 20 heavy (non-hydrogen) atoms. The molecule has 0 spiro atoms. The van der Waals surface area contributed by atoms with Gasteiger partial charge in [-0.05, 0) is 44.7 Å². The van der Waals surface area contributed by atoms with Gasteiger partial charge in [0, 0.05) is 25.3 Å². The largest absolute Gasteiger partial charge is 0.311 e. The smallest absolute Gasteiger partial charge is 0.0964 e. The van der Waals surface area contributed by atoms with Gasteiger partial charge in [-0.1, -0.05) is 18.6 Å². The van der Waals surface area contributed by atoms with Gasteiger partial charge in [0.05, 0.1) is 12.2 Å². The predicted molar refractivity (Wildman–Crippen MR) is 79.3 cm³/mol. The Balaban J connectivity index is 1.49. The number of hydrogen-bond acceptors (Lipinski definition) is 4. The molecule has 1 aromatic heterocycles. The van der Waals surface area contributed by atoms with Gasteiger partial charge in [-0.15, -0.1) is 5.10 Å². The molecule has 1 saturated heterocycles. The van der Waals surface area contributed by atoms with Crippen LogP contribution >= 0.6 is 0 Å². The summed E-state index contributed by atoms with van der Waals surface area (Å²) in [5, 5.41) is 11.7. The van der Waals surface area contributed by atoms with Gasteiger partial charge in [0.2, 0.25) is 0 Å². The number of nitrogens with one attached hydrogen (secondary N) is 1. The van der Waals surface area contributed by atoms with Gasteiger partial charge < -0.3 is 5.32 Å². The van der Waals surface area contributed by atoms with E-state index in [1.807, 2.05) is 4.68 Å². The van der Waals surface area contributed by atoms with Crippen LogP contribution in [0.5, 0.6) is 0 Å². The van der Waals surface area contributed by atoms with Crippen LogP contribution in [-0.4, -0.2) is 45.6 Å². The van der Waals surface area contributed by atoms with Crippen molar-refractivity contribution in [2.45, 2.75) is 58.2 Å². The first-order chi connectivity index (χ1) is 9.86. The number of piperidine rings is 1. The quantitative estimate of drug-likeness (QED) is 0.859. The van der Waals surface area contributed by atoms with Crippen LogP contribution in [0.3, 0.4) is 0 Å². The van der Waals surface area contributed by atoms with Crippen molar-refractivity contribution >= 4 is 0 Å². The van der Waals surface area contributed by atoms with Crippen LogP contribution in [0.25, 0.3) is 0 Å². The summed E-state index contributed by atoms with van der Waals surface area (Å²) in [6.07, 6.45) is 9.22. The Kier molecular flexibility index (Phi) is 4.68. The second kappa shape index (κ2) is 6.68. The van der Waals surface area contributed by atoms with Crippen molar-refractivity contribution in [1.82, 2.24) is 25.2 Å². The summed E-state index contributed by atoms with van der Waals surface area (Å²) >= 11 is 0. The third-order valence-electron chi connectivity index (χ3n) is 4.87. The zero-order chi connectivity index (χ0) is 13.8. The fraction of sp³-hybridized carbons (Fsp3) is 0.867. The summed E-state index contributed by atoms with van der Waals surface area (Å²) < 4.78 is 2.01. The molecule has 1 aliphatic carbocycles. The molecule has 0 aromatic carbocycles. The summed E-state index contributed by atoms with van der Waals surface area (Å²) in [7, 11) is 0. The second-order valence-corrected chi connectivity index (χ2v) is 6.19. The molecule has 2 heterocycles. The summed E-state index contributed by atoms with van der Waals surface area (Å²) in [6, 6.07) is 0.855. The maximum atomic E-state index is 4.24. The molecular formula is C15H27N5. The van der Waals surface area contributed by atoms with E-state index in [9.17, 15) is 0 Å². The lowest BCUT2D eigenvalue weighted by molar-refractivity contribution is 0.107. The SMILES string of the molecule is CCNCc1cn(CCN2CCCC3CCCC32)nn1. The van der Waals surface area contributed by atoms with Crippen LogP contribution < -0.4 is 5.32 Å². The zero-order valence-corrected chi connectivity index (χ0v) is 12.6. The molecule has 1 saturated carbocycles. The highest BCUT2D eigenvalue weighted by atomic mass is 15.4. The second-order valence-electron chi connectivity index (χ2n) is 6.19. The van der Waals surface area contributed by atoms with E-state index in [1.54, 1.807) is 0 Å². The lowest BCUT2D eigenvalue weighted by Gasteiger charge is -2.37. The number of aromatic nitrogens is 3. The maximum Gasteiger partial charge on any atom is 0.0964 e. The van der Waals surface area contributed by atoms with Crippen LogP contribution in [0.4, 0.5) is 0 Å².